The molecule has 0 fully saturated rings. The van der Waals surface area contributed by atoms with Crippen LogP contribution in [-0.4, -0.2) is 5.78 Å². The lowest BCUT2D eigenvalue weighted by molar-refractivity contribution is 0.101. The molecule has 0 bridgehead atoms. The molecular formula is C12H10OS2. The van der Waals surface area contributed by atoms with E-state index in [-0.39, 0.29) is 5.78 Å². The first-order valence-corrected chi connectivity index (χ1v) is 5.84. The number of rotatable bonds is 2. The highest BCUT2D eigenvalue weighted by Gasteiger charge is 2.09. The maximum Gasteiger partial charge on any atom is 0.160 e. The van der Waals surface area contributed by atoms with Gasteiger partial charge >= 0.3 is 0 Å². The molecule has 76 valence electrons. The van der Waals surface area contributed by atoms with E-state index in [0.29, 0.717) is 0 Å². The van der Waals surface area contributed by atoms with Crippen molar-refractivity contribution >= 4 is 29.7 Å². The van der Waals surface area contributed by atoms with Crippen LogP contribution in [0.15, 0.2) is 40.6 Å². The molecule has 2 aromatic rings. The van der Waals surface area contributed by atoms with Crippen LogP contribution in [0.5, 0.6) is 0 Å². The van der Waals surface area contributed by atoms with Gasteiger partial charge in [-0.15, -0.1) is 24.0 Å². The van der Waals surface area contributed by atoms with Crippen LogP contribution >= 0.6 is 24.0 Å². The second kappa shape index (κ2) is 4.21. The molecule has 0 aliphatic carbocycles. The molecule has 0 saturated carbocycles. The molecule has 1 heterocycles. The Morgan fingerprint density at radius 2 is 1.93 bits per heavy atom. The average Bonchev–Trinajstić information content (AvgIpc) is 2.65. The van der Waals surface area contributed by atoms with Crippen molar-refractivity contribution in [3.05, 3.63) is 42.0 Å². The Hall–Kier alpha value is -1.06. The third-order valence-corrected chi connectivity index (χ3v) is 3.51. The summed E-state index contributed by atoms with van der Waals surface area (Å²) in [5, 5.41) is 0. The van der Waals surface area contributed by atoms with Gasteiger partial charge in [-0.05, 0) is 19.1 Å². The smallest absolute Gasteiger partial charge is 0.160 e. The van der Waals surface area contributed by atoms with Gasteiger partial charge in [-0.2, -0.15) is 0 Å². The molecule has 15 heavy (non-hydrogen) atoms. The van der Waals surface area contributed by atoms with E-state index >= 15 is 0 Å². The molecule has 0 saturated heterocycles. The molecule has 0 atom stereocenters. The summed E-state index contributed by atoms with van der Waals surface area (Å²) in [6.45, 7) is 1.59. The van der Waals surface area contributed by atoms with Gasteiger partial charge in [0.15, 0.2) is 5.78 Å². The lowest BCUT2D eigenvalue weighted by atomic mass is 10.0. The normalized spacial score (nSPS) is 10.3. The van der Waals surface area contributed by atoms with Gasteiger partial charge in [0.25, 0.3) is 0 Å². The Balaban J connectivity index is 2.57. The minimum atomic E-state index is 0.0970. The SMILES string of the molecule is CC(=O)c1ccccc1-c1ccc(S)s1. The van der Waals surface area contributed by atoms with Crippen molar-refractivity contribution in [2.24, 2.45) is 0 Å². The summed E-state index contributed by atoms with van der Waals surface area (Å²) in [4.78, 5) is 12.5. The lowest BCUT2D eigenvalue weighted by Crippen LogP contribution is -1.94. The first-order chi connectivity index (χ1) is 7.18. The van der Waals surface area contributed by atoms with Crippen LogP contribution in [0.1, 0.15) is 17.3 Å². The van der Waals surface area contributed by atoms with Crippen molar-refractivity contribution in [3.8, 4) is 10.4 Å². The quantitative estimate of drug-likeness (QED) is 0.616. The molecule has 0 N–H and O–H groups in total. The molecule has 2 rings (SSSR count). The van der Waals surface area contributed by atoms with Crippen LogP contribution in [-0.2, 0) is 0 Å². The summed E-state index contributed by atoms with van der Waals surface area (Å²) < 4.78 is 0.961. The minimum Gasteiger partial charge on any atom is -0.294 e. The lowest BCUT2D eigenvalue weighted by Gasteiger charge is -2.03. The first kappa shape index (κ1) is 10.5. The number of carbonyl (C=O) groups is 1. The molecular weight excluding hydrogens is 224 g/mol. The summed E-state index contributed by atoms with van der Waals surface area (Å²) >= 11 is 5.86. The predicted molar refractivity (Wildman–Crippen MR) is 67.0 cm³/mol. The Labute approximate surface area is 98.2 Å². The summed E-state index contributed by atoms with van der Waals surface area (Å²) in [5.41, 5.74) is 1.77. The third-order valence-electron chi connectivity index (χ3n) is 2.16. The second-order valence-corrected chi connectivity index (χ2v) is 5.11. The summed E-state index contributed by atoms with van der Waals surface area (Å²) in [5.74, 6) is 0.0970. The van der Waals surface area contributed by atoms with Crippen molar-refractivity contribution < 1.29 is 4.79 Å². The number of carbonyl (C=O) groups excluding carboxylic acids is 1. The highest BCUT2D eigenvalue weighted by atomic mass is 32.2. The van der Waals surface area contributed by atoms with Crippen LogP contribution in [0, 0.1) is 0 Å². The van der Waals surface area contributed by atoms with E-state index in [9.17, 15) is 4.79 Å². The summed E-state index contributed by atoms with van der Waals surface area (Å²) in [6, 6.07) is 11.6. The molecule has 0 radical (unpaired) electrons. The molecule has 0 aliphatic rings. The molecule has 0 spiro atoms. The summed E-state index contributed by atoms with van der Waals surface area (Å²) in [7, 11) is 0. The topological polar surface area (TPSA) is 17.1 Å². The fourth-order valence-electron chi connectivity index (χ4n) is 1.48. The van der Waals surface area contributed by atoms with E-state index in [1.54, 1.807) is 18.3 Å². The van der Waals surface area contributed by atoms with Gasteiger partial charge in [0.1, 0.15) is 0 Å². The van der Waals surface area contributed by atoms with Crippen LogP contribution in [0.4, 0.5) is 0 Å². The van der Waals surface area contributed by atoms with E-state index in [4.69, 9.17) is 0 Å². The average molecular weight is 234 g/mol. The number of thiol groups is 1. The number of benzene rings is 1. The predicted octanol–water partition coefficient (Wildman–Crippen LogP) is 3.91. The van der Waals surface area contributed by atoms with E-state index in [1.807, 2.05) is 36.4 Å². The molecule has 1 aromatic heterocycles. The van der Waals surface area contributed by atoms with Gasteiger partial charge in [0.2, 0.25) is 0 Å². The van der Waals surface area contributed by atoms with Crippen molar-refractivity contribution in [1.29, 1.82) is 0 Å². The monoisotopic (exact) mass is 234 g/mol. The highest BCUT2D eigenvalue weighted by Crippen LogP contribution is 2.32. The highest BCUT2D eigenvalue weighted by molar-refractivity contribution is 7.83. The molecule has 0 aliphatic heterocycles. The Kier molecular flexibility index (Phi) is 2.93. The van der Waals surface area contributed by atoms with Crippen LogP contribution in [0.3, 0.4) is 0 Å². The number of Topliss-reactive ketones (excluding diaryl/α,β-unsaturated/α-hetero) is 1. The summed E-state index contributed by atoms with van der Waals surface area (Å²) in [6.07, 6.45) is 0. The van der Waals surface area contributed by atoms with Crippen molar-refractivity contribution in [2.45, 2.75) is 11.1 Å². The van der Waals surface area contributed by atoms with Gasteiger partial charge < -0.3 is 0 Å². The molecule has 0 amide bonds. The fourth-order valence-corrected chi connectivity index (χ4v) is 2.63. The van der Waals surface area contributed by atoms with Gasteiger partial charge in [0, 0.05) is 16.0 Å². The maximum atomic E-state index is 11.4. The molecule has 0 unspecified atom stereocenters. The van der Waals surface area contributed by atoms with Crippen LogP contribution in [0.2, 0.25) is 0 Å². The minimum absolute atomic E-state index is 0.0970. The van der Waals surface area contributed by atoms with Crippen LogP contribution < -0.4 is 0 Å². The van der Waals surface area contributed by atoms with E-state index in [2.05, 4.69) is 12.6 Å². The Morgan fingerprint density at radius 3 is 2.53 bits per heavy atom. The van der Waals surface area contributed by atoms with Gasteiger partial charge in [-0.3, -0.25) is 4.79 Å². The molecule has 1 aromatic carbocycles. The number of ketones is 1. The van der Waals surface area contributed by atoms with Gasteiger partial charge in [-0.25, -0.2) is 0 Å². The van der Waals surface area contributed by atoms with Crippen molar-refractivity contribution in [2.75, 3.05) is 0 Å². The second-order valence-electron chi connectivity index (χ2n) is 3.24. The third kappa shape index (κ3) is 2.13. The van der Waals surface area contributed by atoms with Crippen LogP contribution in [0.25, 0.3) is 10.4 Å². The molecule has 3 heteroatoms. The number of hydrogen-bond acceptors (Lipinski definition) is 3. The van der Waals surface area contributed by atoms with Gasteiger partial charge in [-0.1, -0.05) is 24.3 Å². The Morgan fingerprint density at radius 1 is 1.20 bits per heavy atom. The Bertz CT molecular complexity index is 500. The first-order valence-electron chi connectivity index (χ1n) is 4.57. The van der Waals surface area contributed by atoms with Crippen molar-refractivity contribution in [3.63, 3.8) is 0 Å². The van der Waals surface area contributed by atoms with Crippen molar-refractivity contribution in [1.82, 2.24) is 0 Å². The number of hydrogen-bond donors (Lipinski definition) is 1. The van der Waals surface area contributed by atoms with E-state index in [0.717, 1.165) is 20.2 Å². The number of thiophene rings is 1. The molecule has 1 nitrogen and oxygen atoms in total. The zero-order chi connectivity index (χ0) is 10.8. The zero-order valence-corrected chi connectivity index (χ0v) is 9.94. The van der Waals surface area contributed by atoms with E-state index in [1.165, 1.54) is 0 Å². The largest absolute Gasteiger partial charge is 0.294 e. The van der Waals surface area contributed by atoms with Gasteiger partial charge in [0.05, 0.1) is 4.21 Å². The maximum absolute atomic E-state index is 11.4. The standard InChI is InChI=1S/C12H10OS2/c1-8(13)9-4-2-3-5-10(9)11-6-7-12(14)15-11/h2-7,14H,1H3. The zero-order valence-electron chi connectivity index (χ0n) is 8.23. The van der Waals surface area contributed by atoms with E-state index < -0.39 is 0 Å². The fraction of sp³-hybridized carbons (Fsp3) is 0.0833.